The molecule has 0 N–H and O–H groups in total. The van der Waals surface area contributed by atoms with Gasteiger partial charge in [0.25, 0.3) is 5.92 Å². The van der Waals surface area contributed by atoms with Crippen LogP contribution in [0.3, 0.4) is 0 Å². The van der Waals surface area contributed by atoms with Crippen molar-refractivity contribution in [2.45, 2.75) is 5.92 Å². The lowest BCUT2D eigenvalue weighted by Crippen LogP contribution is -2.11. The number of alkyl halides is 2. The fourth-order valence-electron chi connectivity index (χ4n) is 7.95. The first-order chi connectivity index (χ1) is 26.0. The Balaban J connectivity index is 1.19. The summed E-state index contributed by atoms with van der Waals surface area (Å²) in [6, 6.07) is 51.1. The number of aromatic nitrogens is 4. The number of nitrogens with zero attached hydrogens (tertiary/aromatic N) is 4. The van der Waals surface area contributed by atoms with Crippen LogP contribution < -0.4 is 0 Å². The summed E-state index contributed by atoms with van der Waals surface area (Å²) < 4.78 is 36.9. The summed E-state index contributed by atoms with van der Waals surface area (Å²) in [7, 11) is 0. The summed E-state index contributed by atoms with van der Waals surface area (Å²) >= 11 is 1.74. The summed E-state index contributed by atoms with van der Waals surface area (Å²) in [4.78, 5) is 14.8. The molecule has 11 rings (SSSR count). The predicted octanol–water partition coefficient (Wildman–Crippen LogP) is 12.5. The molecule has 0 amide bonds. The minimum Gasteiger partial charge on any atom is -0.309 e. The molecule has 0 saturated heterocycles. The van der Waals surface area contributed by atoms with E-state index in [-0.39, 0.29) is 11.1 Å². The number of fused-ring (bicyclic) bond motifs is 10. The fraction of sp³-hybridized carbons (Fsp3) is 0.0217. The van der Waals surface area contributed by atoms with Crippen molar-refractivity contribution in [2.24, 2.45) is 0 Å². The van der Waals surface area contributed by atoms with Crippen LogP contribution in [0.1, 0.15) is 11.1 Å². The van der Waals surface area contributed by atoms with Gasteiger partial charge < -0.3 is 4.57 Å². The zero-order valence-corrected chi connectivity index (χ0v) is 28.8. The molecule has 0 spiro atoms. The number of halogens is 2. The Morgan fingerprint density at radius 2 is 1.11 bits per heavy atom. The molecule has 3 aromatic heterocycles. The zero-order chi connectivity index (χ0) is 35.3. The molecule has 3 heterocycles. The van der Waals surface area contributed by atoms with E-state index in [1.54, 1.807) is 35.6 Å². The van der Waals surface area contributed by atoms with Crippen LogP contribution in [-0.2, 0) is 5.92 Å². The normalized spacial score (nSPS) is 13.2. The molecule has 0 unspecified atom stereocenters. The van der Waals surface area contributed by atoms with Gasteiger partial charge in [-0.25, -0.2) is 15.0 Å². The van der Waals surface area contributed by atoms with Crippen molar-refractivity contribution >= 4 is 53.3 Å². The summed E-state index contributed by atoms with van der Waals surface area (Å²) in [6.07, 6.45) is 0. The third-order valence-electron chi connectivity index (χ3n) is 10.4. The molecule has 4 nitrogen and oxygen atoms in total. The summed E-state index contributed by atoms with van der Waals surface area (Å²) in [6.45, 7) is 0. The second kappa shape index (κ2) is 11.2. The van der Waals surface area contributed by atoms with Crippen LogP contribution >= 0.6 is 11.3 Å². The van der Waals surface area contributed by atoms with E-state index in [1.165, 1.54) is 10.1 Å². The highest BCUT2D eigenvalue weighted by molar-refractivity contribution is 7.26. The summed E-state index contributed by atoms with van der Waals surface area (Å²) in [5.41, 5.74) is 6.28. The topological polar surface area (TPSA) is 43.6 Å². The van der Waals surface area contributed by atoms with Crippen LogP contribution in [0.2, 0.25) is 0 Å². The van der Waals surface area contributed by atoms with Crippen molar-refractivity contribution < 1.29 is 8.78 Å². The van der Waals surface area contributed by atoms with Gasteiger partial charge in [-0.3, -0.25) is 0 Å². The molecule has 0 bridgehead atoms. The van der Waals surface area contributed by atoms with Gasteiger partial charge in [-0.05, 0) is 47.5 Å². The third kappa shape index (κ3) is 4.47. The molecule has 0 aliphatic heterocycles. The van der Waals surface area contributed by atoms with Gasteiger partial charge in [0.05, 0.1) is 11.0 Å². The highest BCUT2D eigenvalue weighted by Crippen LogP contribution is 2.54. The molecular formula is C46H26F2N4S. The van der Waals surface area contributed by atoms with Gasteiger partial charge in [-0.2, -0.15) is 8.78 Å². The van der Waals surface area contributed by atoms with E-state index >= 15 is 8.78 Å². The fourth-order valence-corrected chi connectivity index (χ4v) is 9.21. The smallest absolute Gasteiger partial charge is 0.299 e. The number of hydrogen-bond acceptors (Lipinski definition) is 4. The molecule has 250 valence electrons. The number of hydrogen-bond donors (Lipinski definition) is 0. The Kier molecular flexibility index (Phi) is 6.37. The average Bonchev–Trinajstić information content (AvgIpc) is 3.83. The quantitative estimate of drug-likeness (QED) is 0.183. The highest BCUT2D eigenvalue weighted by Gasteiger charge is 2.44. The Labute approximate surface area is 306 Å². The van der Waals surface area contributed by atoms with Gasteiger partial charge in [-0.15, -0.1) is 11.3 Å². The lowest BCUT2D eigenvalue weighted by Gasteiger charge is -2.14. The summed E-state index contributed by atoms with van der Waals surface area (Å²) in [5, 5.41) is 4.34. The monoisotopic (exact) mass is 704 g/mol. The van der Waals surface area contributed by atoms with Crippen LogP contribution in [0.4, 0.5) is 8.78 Å². The molecule has 7 heteroatoms. The predicted molar refractivity (Wildman–Crippen MR) is 212 cm³/mol. The molecule has 1 aliphatic rings. The van der Waals surface area contributed by atoms with Crippen molar-refractivity contribution in [3.05, 3.63) is 169 Å². The van der Waals surface area contributed by atoms with Gasteiger partial charge in [0.15, 0.2) is 17.5 Å². The van der Waals surface area contributed by atoms with Crippen LogP contribution in [0.25, 0.3) is 93.0 Å². The number of benzene rings is 7. The molecule has 7 aromatic carbocycles. The first-order valence-electron chi connectivity index (χ1n) is 17.4. The van der Waals surface area contributed by atoms with Crippen molar-refractivity contribution in [3.8, 4) is 51.0 Å². The molecule has 0 fully saturated rings. The van der Waals surface area contributed by atoms with Crippen molar-refractivity contribution in [1.82, 2.24) is 19.5 Å². The molecule has 0 radical (unpaired) electrons. The first-order valence-corrected chi connectivity index (χ1v) is 18.2. The molecule has 10 aromatic rings. The van der Waals surface area contributed by atoms with Gasteiger partial charge in [0.1, 0.15) is 0 Å². The largest absolute Gasteiger partial charge is 0.309 e. The van der Waals surface area contributed by atoms with E-state index in [0.29, 0.717) is 28.6 Å². The SMILES string of the molecule is FC1(F)c2ccccc2-c2cc3c4c5sc6ccccc6c5ccc4n(-c4cccc(-c5nc(-c6ccccc6)nc(-c6ccccc6)n5)c4)c3cc21. The number of rotatable bonds is 4. The Morgan fingerprint density at radius 1 is 0.472 bits per heavy atom. The Hall–Kier alpha value is -6.57. The second-order valence-electron chi connectivity index (χ2n) is 13.4. The van der Waals surface area contributed by atoms with E-state index in [2.05, 4.69) is 41.0 Å². The maximum Gasteiger partial charge on any atom is 0.299 e. The van der Waals surface area contributed by atoms with Crippen molar-refractivity contribution in [2.75, 3.05) is 0 Å². The third-order valence-corrected chi connectivity index (χ3v) is 11.6. The maximum atomic E-state index is 16.3. The van der Waals surface area contributed by atoms with Gasteiger partial charge >= 0.3 is 0 Å². The Bertz CT molecular complexity index is 3040. The van der Waals surface area contributed by atoms with Crippen LogP contribution in [-0.4, -0.2) is 19.5 Å². The minimum absolute atomic E-state index is 0.0245. The van der Waals surface area contributed by atoms with E-state index in [9.17, 15) is 0 Å². The lowest BCUT2D eigenvalue weighted by atomic mass is 10.0. The zero-order valence-electron chi connectivity index (χ0n) is 28.0. The standard InChI is InChI=1S/C46H26F2N4S/c47-46(48)36-20-9-7-18-31(36)34-25-35-39(26-37(34)46)52(38-23-22-33-32-19-8-10-21-40(32)53-42(33)41(35)38)30-17-11-16-29(24-30)45-50-43(27-12-3-1-4-13-27)49-44(51-45)28-14-5-2-6-15-28/h1-26H. The van der Waals surface area contributed by atoms with E-state index in [1.807, 2.05) is 97.1 Å². The minimum atomic E-state index is -3.12. The number of thiophene rings is 1. The highest BCUT2D eigenvalue weighted by atomic mass is 32.1. The molecule has 0 atom stereocenters. The average molecular weight is 705 g/mol. The van der Waals surface area contributed by atoms with Gasteiger partial charge in [0.2, 0.25) is 0 Å². The van der Waals surface area contributed by atoms with Crippen LogP contribution in [0, 0.1) is 0 Å². The summed E-state index contributed by atoms with van der Waals surface area (Å²) in [5.74, 6) is -1.46. The van der Waals surface area contributed by atoms with Crippen LogP contribution in [0.5, 0.6) is 0 Å². The van der Waals surface area contributed by atoms with Gasteiger partial charge in [0, 0.05) is 64.4 Å². The van der Waals surface area contributed by atoms with Crippen molar-refractivity contribution in [3.63, 3.8) is 0 Å². The molecular weight excluding hydrogens is 679 g/mol. The van der Waals surface area contributed by atoms with Crippen LogP contribution in [0.15, 0.2) is 158 Å². The maximum absolute atomic E-state index is 16.3. The molecule has 0 saturated carbocycles. The first kappa shape index (κ1) is 30.1. The second-order valence-corrected chi connectivity index (χ2v) is 14.4. The lowest BCUT2D eigenvalue weighted by molar-refractivity contribution is 0.0481. The van der Waals surface area contributed by atoms with E-state index in [0.717, 1.165) is 54.3 Å². The van der Waals surface area contributed by atoms with Crippen molar-refractivity contribution in [1.29, 1.82) is 0 Å². The van der Waals surface area contributed by atoms with Gasteiger partial charge in [-0.1, -0.05) is 121 Å². The van der Waals surface area contributed by atoms with E-state index in [4.69, 9.17) is 15.0 Å². The molecule has 53 heavy (non-hydrogen) atoms. The Morgan fingerprint density at radius 3 is 1.87 bits per heavy atom. The van der Waals surface area contributed by atoms with E-state index < -0.39 is 5.92 Å². The molecule has 1 aliphatic carbocycles.